The first kappa shape index (κ1) is 22.2. The zero-order chi connectivity index (χ0) is 20.9. The largest absolute Gasteiger partial charge is 0.366 e. The van der Waals surface area contributed by atoms with E-state index in [1.54, 1.807) is 4.90 Å². The van der Waals surface area contributed by atoms with Crippen molar-refractivity contribution in [3.05, 3.63) is 33.9 Å². The van der Waals surface area contributed by atoms with E-state index in [0.717, 1.165) is 30.7 Å². The lowest BCUT2D eigenvalue weighted by atomic mass is 10.2. The minimum atomic E-state index is -3.13. The molecule has 0 radical (unpaired) electrons. The number of nitro groups is 1. The summed E-state index contributed by atoms with van der Waals surface area (Å²) in [6, 6.07) is 3.51. The molecule has 0 bridgehead atoms. The Morgan fingerprint density at radius 2 is 2.11 bits per heavy atom. The molecule has 1 aromatic rings. The topological polar surface area (TPSA) is 141 Å². The van der Waals surface area contributed by atoms with E-state index in [1.165, 1.54) is 12.1 Å². The maximum Gasteiger partial charge on any atom is 0.283 e. The number of nitro benzene ring substituents is 1. The van der Waals surface area contributed by atoms with Crippen LogP contribution in [0.2, 0.25) is 0 Å². The van der Waals surface area contributed by atoms with Crippen LogP contribution in [0.15, 0.2) is 23.1 Å². The van der Waals surface area contributed by atoms with Crippen LogP contribution in [0.25, 0.3) is 0 Å². The summed E-state index contributed by atoms with van der Waals surface area (Å²) in [6.45, 7) is 2.44. The Morgan fingerprint density at radius 3 is 2.64 bits per heavy atom. The average Bonchev–Trinajstić information content (AvgIpc) is 2.99. The number of benzene rings is 1. The number of carbonyl (C=O) groups excluding carboxylic acids is 2. The summed E-state index contributed by atoms with van der Waals surface area (Å²) in [4.78, 5) is 36.5. The highest BCUT2D eigenvalue weighted by molar-refractivity contribution is 8.00. The molecule has 1 unspecified atom stereocenters. The van der Waals surface area contributed by atoms with Gasteiger partial charge in [0.15, 0.2) is 9.84 Å². The van der Waals surface area contributed by atoms with Gasteiger partial charge in [0, 0.05) is 24.2 Å². The van der Waals surface area contributed by atoms with Gasteiger partial charge in [-0.25, -0.2) is 8.42 Å². The van der Waals surface area contributed by atoms with Crippen LogP contribution in [-0.4, -0.2) is 59.9 Å². The number of amides is 2. The van der Waals surface area contributed by atoms with Crippen LogP contribution in [0.1, 0.15) is 36.5 Å². The van der Waals surface area contributed by atoms with Crippen LogP contribution in [0.3, 0.4) is 0 Å². The van der Waals surface area contributed by atoms with Gasteiger partial charge in [0.25, 0.3) is 5.69 Å². The second-order valence-corrected chi connectivity index (χ2v) is 9.84. The number of thioether (sulfide) groups is 1. The molecule has 1 saturated heterocycles. The lowest BCUT2D eigenvalue weighted by Crippen LogP contribution is -2.42. The van der Waals surface area contributed by atoms with Gasteiger partial charge in [-0.2, -0.15) is 0 Å². The minimum absolute atomic E-state index is 0.0168. The second-order valence-electron chi connectivity index (χ2n) is 6.59. The fourth-order valence-electron chi connectivity index (χ4n) is 3.02. The summed E-state index contributed by atoms with van der Waals surface area (Å²) in [5.74, 6) is -1.06. The molecule has 1 heterocycles. The summed E-state index contributed by atoms with van der Waals surface area (Å²) in [5, 5.41) is 11.3. The fraction of sp³-hybridized carbons (Fsp3) is 0.529. The van der Waals surface area contributed by atoms with E-state index in [9.17, 15) is 28.1 Å². The molecule has 1 aliphatic heterocycles. The van der Waals surface area contributed by atoms with Crippen molar-refractivity contribution in [2.24, 2.45) is 5.73 Å². The predicted octanol–water partition coefficient (Wildman–Crippen LogP) is 1.60. The van der Waals surface area contributed by atoms with E-state index >= 15 is 0 Å². The first-order chi connectivity index (χ1) is 13.1. The lowest BCUT2D eigenvalue weighted by molar-refractivity contribution is -0.387. The number of nitrogens with zero attached hydrogens (tertiary/aromatic N) is 2. The zero-order valence-electron chi connectivity index (χ0n) is 15.5. The monoisotopic (exact) mass is 429 g/mol. The number of rotatable bonds is 9. The molecular weight excluding hydrogens is 406 g/mol. The molecule has 2 rings (SSSR count). The molecule has 154 valence electrons. The Morgan fingerprint density at radius 1 is 1.39 bits per heavy atom. The van der Waals surface area contributed by atoms with Gasteiger partial charge in [0.2, 0.25) is 11.8 Å². The third-order valence-corrected chi connectivity index (χ3v) is 7.31. The molecule has 1 fully saturated rings. The Kier molecular flexibility index (Phi) is 7.41. The van der Waals surface area contributed by atoms with E-state index in [0.29, 0.717) is 13.0 Å². The highest BCUT2D eigenvalue weighted by Crippen LogP contribution is 2.31. The molecule has 1 aromatic carbocycles. The molecular formula is C17H23N3O6S2. The highest BCUT2D eigenvalue weighted by Gasteiger charge is 2.34. The van der Waals surface area contributed by atoms with Crippen LogP contribution in [0.4, 0.5) is 5.69 Å². The number of hydrogen-bond donors (Lipinski definition) is 1. The standard InChI is InChI=1S/C17H23N3O6S2/c1-2-3-7-19(13-6-8-28(25,26)11-13)16(21)10-27-15-5-4-12(17(18)22)9-14(15)20(23)24/h4-5,9,13H,2-3,6-8,10-11H2,1H3,(H2,18,22). The predicted molar refractivity (Wildman–Crippen MR) is 106 cm³/mol. The van der Waals surface area contributed by atoms with Crippen LogP contribution in [-0.2, 0) is 14.6 Å². The highest BCUT2D eigenvalue weighted by atomic mass is 32.2. The molecule has 0 saturated carbocycles. The van der Waals surface area contributed by atoms with Crippen molar-refractivity contribution in [1.29, 1.82) is 0 Å². The van der Waals surface area contributed by atoms with Crippen LogP contribution < -0.4 is 5.73 Å². The smallest absolute Gasteiger partial charge is 0.283 e. The molecule has 1 aliphatic rings. The number of carbonyl (C=O) groups is 2. The van der Waals surface area contributed by atoms with Crippen molar-refractivity contribution >= 4 is 39.1 Å². The van der Waals surface area contributed by atoms with Crippen molar-refractivity contribution in [2.45, 2.75) is 37.1 Å². The zero-order valence-corrected chi connectivity index (χ0v) is 17.1. The third kappa shape index (κ3) is 5.68. The number of sulfone groups is 1. The van der Waals surface area contributed by atoms with Gasteiger partial charge in [0.05, 0.1) is 27.1 Å². The number of primary amides is 1. The summed E-state index contributed by atoms with van der Waals surface area (Å²) in [5.41, 5.74) is 4.88. The Labute approximate surface area is 167 Å². The van der Waals surface area contributed by atoms with E-state index in [1.807, 2.05) is 6.92 Å². The normalized spacial score (nSPS) is 18.0. The Hall–Kier alpha value is -2.14. The van der Waals surface area contributed by atoms with Crippen LogP contribution >= 0.6 is 11.8 Å². The number of hydrogen-bond acceptors (Lipinski definition) is 7. The quantitative estimate of drug-likeness (QED) is 0.357. The maximum absolute atomic E-state index is 12.7. The van der Waals surface area contributed by atoms with E-state index in [2.05, 4.69) is 0 Å². The van der Waals surface area contributed by atoms with Crippen molar-refractivity contribution in [1.82, 2.24) is 4.90 Å². The lowest BCUT2D eigenvalue weighted by Gasteiger charge is -2.28. The second kappa shape index (κ2) is 9.37. The minimum Gasteiger partial charge on any atom is -0.366 e. The van der Waals surface area contributed by atoms with Gasteiger partial charge >= 0.3 is 0 Å². The van der Waals surface area contributed by atoms with Crippen molar-refractivity contribution in [3.63, 3.8) is 0 Å². The SMILES string of the molecule is CCCCN(C(=O)CSc1ccc(C(N)=O)cc1[N+](=O)[O-])C1CCS(=O)(=O)C1. The first-order valence-corrected chi connectivity index (χ1v) is 11.7. The van der Waals surface area contributed by atoms with Gasteiger partial charge < -0.3 is 10.6 Å². The maximum atomic E-state index is 12.7. The van der Waals surface area contributed by atoms with E-state index in [-0.39, 0.29) is 45.4 Å². The summed E-state index contributed by atoms with van der Waals surface area (Å²) in [7, 11) is -3.13. The molecule has 0 spiro atoms. The molecule has 28 heavy (non-hydrogen) atoms. The molecule has 1 atom stereocenters. The van der Waals surface area contributed by atoms with Gasteiger partial charge in [-0.15, -0.1) is 11.8 Å². The van der Waals surface area contributed by atoms with Crippen LogP contribution in [0.5, 0.6) is 0 Å². The third-order valence-electron chi connectivity index (χ3n) is 4.51. The molecule has 0 aliphatic carbocycles. The van der Waals surface area contributed by atoms with Gasteiger partial charge in [-0.1, -0.05) is 13.3 Å². The Bertz CT molecular complexity index is 872. The number of nitrogens with two attached hydrogens (primary N) is 1. The summed E-state index contributed by atoms with van der Waals surface area (Å²) < 4.78 is 23.5. The van der Waals surface area contributed by atoms with Gasteiger partial charge in [-0.05, 0) is 25.0 Å². The molecule has 11 heteroatoms. The number of unbranched alkanes of at least 4 members (excludes halogenated alkanes) is 1. The first-order valence-electron chi connectivity index (χ1n) is 8.85. The average molecular weight is 430 g/mol. The molecule has 9 nitrogen and oxygen atoms in total. The van der Waals surface area contributed by atoms with E-state index < -0.39 is 20.7 Å². The van der Waals surface area contributed by atoms with E-state index in [4.69, 9.17) is 5.73 Å². The van der Waals surface area contributed by atoms with Crippen molar-refractivity contribution in [3.8, 4) is 0 Å². The van der Waals surface area contributed by atoms with Gasteiger partial charge in [-0.3, -0.25) is 19.7 Å². The van der Waals surface area contributed by atoms with Crippen molar-refractivity contribution < 1.29 is 22.9 Å². The van der Waals surface area contributed by atoms with Crippen molar-refractivity contribution in [2.75, 3.05) is 23.8 Å². The van der Waals surface area contributed by atoms with Gasteiger partial charge in [0.1, 0.15) is 0 Å². The summed E-state index contributed by atoms with van der Waals surface area (Å²) >= 11 is 0.990. The molecule has 2 amide bonds. The Balaban J connectivity index is 2.13. The fourth-order valence-corrected chi connectivity index (χ4v) is 5.64. The van der Waals surface area contributed by atoms with Crippen LogP contribution in [0, 0.1) is 10.1 Å². The molecule has 0 aromatic heterocycles. The molecule has 2 N–H and O–H groups in total. The summed E-state index contributed by atoms with van der Waals surface area (Å²) in [6.07, 6.45) is 2.02.